The lowest BCUT2D eigenvalue weighted by atomic mass is 9.86. The van der Waals surface area contributed by atoms with Crippen molar-refractivity contribution in [2.75, 3.05) is 0 Å². The van der Waals surface area contributed by atoms with Crippen LogP contribution in [0.3, 0.4) is 0 Å². The third-order valence-corrected chi connectivity index (χ3v) is 5.55. The third kappa shape index (κ3) is 3.52. The number of phenolic OH excluding ortho intramolecular Hbond substituents is 4. The molecule has 0 aliphatic heterocycles. The predicted molar refractivity (Wildman–Crippen MR) is 114 cm³/mol. The lowest BCUT2D eigenvalue weighted by Gasteiger charge is -2.12. The van der Waals surface area contributed by atoms with E-state index < -0.39 is 40.6 Å². The summed E-state index contributed by atoms with van der Waals surface area (Å²) in [5.41, 5.74) is -0.883. The minimum absolute atomic E-state index is 0.0805. The highest BCUT2D eigenvalue weighted by atomic mass is 79.9. The summed E-state index contributed by atoms with van der Waals surface area (Å²) in [6.45, 7) is 2.60. The highest BCUT2D eigenvalue weighted by Gasteiger charge is 2.32. The largest absolute Gasteiger partial charge is 0.506 e. The smallest absolute Gasteiger partial charge is 0.303 e. The van der Waals surface area contributed by atoms with Crippen molar-refractivity contribution in [3.05, 3.63) is 38.0 Å². The molecule has 1 aromatic heterocycles. The molecule has 8 nitrogen and oxygen atoms in total. The predicted octanol–water partition coefficient (Wildman–Crippen LogP) is 3.43. The zero-order chi connectivity index (χ0) is 22.5. The number of phenols is 4. The van der Waals surface area contributed by atoms with E-state index in [9.17, 15) is 30.0 Å². The number of hydrogen-bond acceptors (Lipinski definition) is 8. The van der Waals surface area contributed by atoms with Gasteiger partial charge in [-0.1, -0.05) is 0 Å². The molecule has 0 amide bonds. The summed E-state index contributed by atoms with van der Waals surface area (Å²) in [4.78, 5) is 24.8. The van der Waals surface area contributed by atoms with Crippen molar-refractivity contribution in [3.63, 3.8) is 0 Å². The first kappa shape index (κ1) is 22.0. The van der Waals surface area contributed by atoms with Gasteiger partial charge in [0.25, 0.3) is 0 Å². The Morgan fingerprint density at radius 1 is 1.03 bits per heavy atom. The van der Waals surface area contributed by atoms with Gasteiger partial charge in [0.15, 0.2) is 29.0 Å². The zero-order valence-electron chi connectivity index (χ0n) is 15.5. The van der Waals surface area contributed by atoms with Gasteiger partial charge in [0, 0.05) is 17.9 Å². The zero-order valence-corrected chi connectivity index (χ0v) is 18.7. The standard InChI is InChI=1S/C19H13BBr2O8/c1-5(29-6(2)23)18-11(13(24)7-3-8(21)14(25)9(22)4-7)10-12(20)15(26)16(27)17(28)19(10)30-18/h3-5,25-28H,1-2H3. The van der Waals surface area contributed by atoms with E-state index >= 15 is 0 Å². The van der Waals surface area contributed by atoms with Crippen LogP contribution in [0.2, 0.25) is 0 Å². The van der Waals surface area contributed by atoms with Crippen molar-refractivity contribution in [1.29, 1.82) is 0 Å². The molecule has 2 radical (unpaired) electrons. The Bertz CT molecular complexity index is 1190. The molecule has 154 valence electrons. The topological polar surface area (TPSA) is 137 Å². The Balaban J connectivity index is 2.38. The molecule has 0 spiro atoms. The van der Waals surface area contributed by atoms with E-state index in [1.54, 1.807) is 0 Å². The maximum Gasteiger partial charge on any atom is 0.303 e. The van der Waals surface area contributed by atoms with Gasteiger partial charge in [0.2, 0.25) is 11.5 Å². The van der Waals surface area contributed by atoms with Gasteiger partial charge < -0.3 is 29.6 Å². The molecule has 3 rings (SSSR count). The summed E-state index contributed by atoms with van der Waals surface area (Å²) >= 11 is 6.29. The first-order valence-corrected chi connectivity index (χ1v) is 9.92. The molecule has 2 aromatic carbocycles. The molecule has 30 heavy (non-hydrogen) atoms. The highest BCUT2D eigenvalue weighted by molar-refractivity contribution is 9.11. The van der Waals surface area contributed by atoms with Crippen LogP contribution in [0, 0.1) is 0 Å². The van der Waals surface area contributed by atoms with Gasteiger partial charge in [0.1, 0.15) is 13.6 Å². The average Bonchev–Trinajstić information content (AvgIpc) is 3.08. The second-order valence-electron chi connectivity index (χ2n) is 6.37. The fourth-order valence-electron chi connectivity index (χ4n) is 2.99. The number of hydrogen-bond donors (Lipinski definition) is 4. The quantitative estimate of drug-likeness (QED) is 0.171. The van der Waals surface area contributed by atoms with E-state index in [1.165, 1.54) is 26.0 Å². The number of ether oxygens (including phenoxy) is 1. The molecule has 0 saturated carbocycles. The Labute approximate surface area is 187 Å². The van der Waals surface area contributed by atoms with Gasteiger partial charge in [0.05, 0.1) is 14.5 Å². The van der Waals surface area contributed by atoms with Crippen LogP contribution in [-0.4, -0.2) is 40.0 Å². The Kier molecular flexibility index (Phi) is 5.79. The number of halogens is 2. The summed E-state index contributed by atoms with van der Waals surface area (Å²) < 4.78 is 11.1. The van der Waals surface area contributed by atoms with E-state index in [2.05, 4.69) is 31.9 Å². The second kappa shape index (κ2) is 7.88. The van der Waals surface area contributed by atoms with Gasteiger partial charge in [-0.3, -0.25) is 9.59 Å². The van der Waals surface area contributed by atoms with Gasteiger partial charge in [-0.2, -0.15) is 0 Å². The number of benzene rings is 2. The monoisotopic (exact) mass is 538 g/mol. The average molecular weight is 540 g/mol. The number of furan rings is 1. The molecule has 0 bridgehead atoms. The number of esters is 1. The summed E-state index contributed by atoms with van der Waals surface area (Å²) in [5.74, 6) is -4.20. The fourth-order valence-corrected chi connectivity index (χ4v) is 4.18. The van der Waals surface area contributed by atoms with Crippen LogP contribution in [0.5, 0.6) is 23.0 Å². The van der Waals surface area contributed by atoms with E-state index in [1.807, 2.05) is 0 Å². The van der Waals surface area contributed by atoms with Crippen LogP contribution in [0.25, 0.3) is 11.0 Å². The molecular weight excluding hydrogens is 527 g/mol. The number of carbonyl (C=O) groups is 2. The van der Waals surface area contributed by atoms with Crippen molar-refractivity contribution in [1.82, 2.24) is 0 Å². The molecular formula is C19H13BBr2O8. The van der Waals surface area contributed by atoms with E-state index in [-0.39, 0.29) is 42.6 Å². The minimum Gasteiger partial charge on any atom is -0.506 e. The molecule has 1 heterocycles. The first-order valence-electron chi connectivity index (χ1n) is 8.34. The molecule has 0 saturated heterocycles. The Hall–Kier alpha value is -2.66. The van der Waals surface area contributed by atoms with E-state index in [4.69, 9.17) is 17.0 Å². The van der Waals surface area contributed by atoms with E-state index in [0.29, 0.717) is 0 Å². The summed E-state index contributed by atoms with van der Waals surface area (Å²) in [6.07, 6.45) is -1.07. The fraction of sp³-hybridized carbons (Fsp3) is 0.158. The number of rotatable bonds is 4. The van der Waals surface area contributed by atoms with Crippen LogP contribution in [0.1, 0.15) is 41.6 Å². The summed E-state index contributed by atoms with van der Waals surface area (Å²) in [6, 6.07) is 2.69. The second-order valence-corrected chi connectivity index (χ2v) is 8.08. The van der Waals surface area contributed by atoms with Crippen molar-refractivity contribution in [3.8, 4) is 23.0 Å². The molecule has 3 aromatic rings. The Morgan fingerprint density at radius 2 is 1.60 bits per heavy atom. The lowest BCUT2D eigenvalue weighted by Crippen LogP contribution is -2.13. The number of aromatic hydroxyl groups is 4. The maximum atomic E-state index is 13.4. The molecule has 0 aliphatic carbocycles. The third-order valence-electron chi connectivity index (χ3n) is 4.34. The highest BCUT2D eigenvalue weighted by Crippen LogP contribution is 2.45. The van der Waals surface area contributed by atoms with Gasteiger partial charge in [-0.05, 0) is 56.4 Å². The van der Waals surface area contributed by atoms with Gasteiger partial charge >= 0.3 is 5.97 Å². The van der Waals surface area contributed by atoms with E-state index in [0.717, 1.165) is 0 Å². The number of carbonyl (C=O) groups excluding carboxylic acids is 2. The molecule has 11 heteroatoms. The van der Waals surface area contributed by atoms with Gasteiger partial charge in [-0.15, -0.1) is 0 Å². The maximum absolute atomic E-state index is 13.4. The summed E-state index contributed by atoms with van der Waals surface area (Å²) in [7, 11) is 5.90. The molecule has 4 N–H and O–H groups in total. The molecule has 1 atom stereocenters. The van der Waals surface area contributed by atoms with Gasteiger partial charge in [-0.25, -0.2) is 0 Å². The van der Waals surface area contributed by atoms with Crippen LogP contribution < -0.4 is 5.46 Å². The first-order chi connectivity index (χ1) is 14.0. The van der Waals surface area contributed by atoms with Crippen LogP contribution in [0.15, 0.2) is 25.5 Å². The Morgan fingerprint density at radius 3 is 2.13 bits per heavy atom. The normalized spacial score (nSPS) is 12.1. The van der Waals surface area contributed by atoms with Crippen LogP contribution in [0.4, 0.5) is 0 Å². The number of ketones is 1. The molecule has 1 unspecified atom stereocenters. The van der Waals surface area contributed by atoms with Crippen LogP contribution >= 0.6 is 31.9 Å². The SMILES string of the molecule is [B]c1c(O)c(O)c(O)c2oc(C(C)OC(C)=O)c(C(=O)c3cc(Br)c(O)c(Br)c3)c12. The number of fused-ring (bicyclic) bond motifs is 1. The molecule has 0 aliphatic rings. The minimum atomic E-state index is -1.07. The lowest BCUT2D eigenvalue weighted by molar-refractivity contribution is -0.146. The van der Waals surface area contributed by atoms with Crippen molar-refractivity contribution >= 4 is 67.9 Å². The summed E-state index contributed by atoms with van der Waals surface area (Å²) in [5, 5.41) is 39.9. The molecule has 0 fully saturated rings. The van der Waals surface area contributed by atoms with Crippen LogP contribution in [-0.2, 0) is 9.53 Å². The van der Waals surface area contributed by atoms with Crippen molar-refractivity contribution in [2.24, 2.45) is 0 Å². The van der Waals surface area contributed by atoms with Crippen molar-refractivity contribution < 1.29 is 39.2 Å². The van der Waals surface area contributed by atoms with Crippen molar-refractivity contribution in [2.45, 2.75) is 20.0 Å².